The van der Waals surface area contributed by atoms with E-state index in [9.17, 15) is 8.42 Å². The van der Waals surface area contributed by atoms with Crippen molar-refractivity contribution in [3.8, 4) is 0 Å². The van der Waals surface area contributed by atoms with Crippen LogP contribution < -0.4 is 0 Å². The summed E-state index contributed by atoms with van der Waals surface area (Å²) in [6.07, 6.45) is 2.90. The van der Waals surface area contributed by atoms with Crippen molar-refractivity contribution in [2.45, 2.75) is 11.3 Å². The van der Waals surface area contributed by atoms with Gasteiger partial charge in [-0.25, -0.2) is 8.42 Å². The summed E-state index contributed by atoms with van der Waals surface area (Å²) in [5.74, 6) is 0.711. The molecule has 3 nitrogen and oxygen atoms in total. The summed E-state index contributed by atoms with van der Waals surface area (Å²) in [4.78, 5) is 0.433. The molecule has 0 spiro atoms. The molecule has 0 N–H and O–H groups in total. The Morgan fingerprint density at radius 2 is 1.80 bits per heavy atom. The third-order valence-electron chi connectivity index (χ3n) is 3.07. The van der Waals surface area contributed by atoms with Crippen LogP contribution in [0.2, 0.25) is 0 Å². The first kappa shape index (κ1) is 15.5. The molecule has 0 aromatic heterocycles. The van der Waals surface area contributed by atoms with Crippen LogP contribution in [0.25, 0.3) is 0 Å². The smallest absolute Gasteiger partial charge is 0.224 e. The summed E-state index contributed by atoms with van der Waals surface area (Å²) < 4.78 is 25.9. The van der Waals surface area contributed by atoms with Gasteiger partial charge in [0.25, 0.3) is 0 Å². The lowest BCUT2D eigenvalue weighted by Gasteiger charge is -2.26. The van der Waals surface area contributed by atoms with E-state index < -0.39 is 18.4 Å². The molecule has 0 fully saturated rings. The summed E-state index contributed by atoms with van der Waals surface area (Å²) in [5, 5.41) is 1.89. The minimum atomic E-state index is -3.21. The molecule has 110 valence electrons. The van der Waals surface area contributed by atoms with Crippen molar-refractivity contribution in [1.29, 1.82) is 0 Å². The van der Waals surface area contributed by atoms with Crippen LogP contribution in [-0.4, -0.2) is 51.7 Å². The van der Waals surface area contributed by atoms with Gasteiger partial charge in [-0.2, -0.15) is 0 Å². The van der Waals surface area contributed by atoms with Gasteiger partial charge in [-0.05, 0) is 29.5 Å². The van der Waals surface area contributed by atoms with Crippen molar-refractivity contribution in [1.82, 2.24) is 0 Å². The Morgan fingerprint density at radius 1 is 1.15 bits per heavy atom. The number of likely N-dealkylation sites (N-methyl/N-ethyl adjacent to an activating group) is 1. The highest BCUT2D eigenvalue weighted by Gasteiger charge is 2.22. The summed E-state index contributed by atoms with van der Waals surface area (Å²) >= 11 is 0. The fourth-order valence-corrected chi connectivity index (χ4v) is 6.83. The number of benzene rings is 1. The molecule has 1 aliphatic rings. The van der Waals surface area contributed by atoms with Gasteiger partial charge in [-0.3, -0.25) is 0 Å². The van der Waals surface area contributed by atoms with E-state index in [0.29, 0.717) is 10.6 Å². The molecule has 0 bridgehead atoms. The van der Waals surface area contributed by atoms with Gasteiger partial charge in [0.2, 0.25) is 8.87 Å². The summed E-state index contributed by atoms with van der Waals surface area (Å²) in [5.41, 5.74) is 1.34. The third kappa shape index (κ3) is 3.81. The molecule has 1 heterocycles. The number of quaternary nitrogens is 1. The fraction of sp³-hybridized carbons (Fsp3) is 0.400. The highest BCUT2D eigenvalue weighted by Crippen LogP contribution is 2.33. The van der Waals surface area contributed by atoms with E-state index in [1.54, 1.807) is 24.3 Å². The van der Waals surface area contributed by atoms with Crippen LogP contribution >= 0.6 is 9.52 Å². The van der Waals surface area contributed by atoms with Gasteiger partial charge in [-0.15, -0.1) is 0 Å². The predicted octanol–water partition coefficient (Wildman–Crippen LogP) is 2.48. The molecule has 0 saturated carbocycles. The van der Waals surface area contributed by atoms with E-state index in [4.69, 9.17) is 0 Å². The molecular weight excluding hydrogens is 290 g/mol. The average Bonchev–Trinajstić information content (AvgIpc) is 2.38. The fourth-order valence-electron chi connectivity index (χ4n) is 2.19. The SMILES string of the molecule is C[N+](C)(C)CC1=CC=S(S(=O)(=O)c2ccccc2)CC1. The lowest BCUT2D eigenvalue weighted by Crippen LogP contribution is -2.36. The Labute approximate surface area is 123 Å². The quantitative estimate of drug-likeness (QED) is 0.486. The Bertz CT molecular complexity index is 638. The maximum Gasteiger partial charge on any atom is 0.224 e. The minimum absolute atomic E-state index is 0.433. The zero-order valence-corrected chi connectivity index (χ0v) is 13.9. The molecule has 0 saturated heterocycles. The van der Waals surface area contributed by atoms with Crippen molar-refractivity contribution in [3.63, 3.8) is 0 Å². The molecule has 0 amide bonds. The molecule has 0 radical (unpaired) electrons. The number of rotatable bonds is 4. The Morgan fingerprint density at radius 3 is 2.30 bits per heavy atom. The number of nitrogens with zero attached hydrogens (tertiary/aromatic N) is 1. The number of hydrogen-bond donors (Lipinski definition) is 0. The molecule has 1 aromatic rings. The second kappa shape index (κ2) is 5.84. The second-order valence-electron chi connectivity index (χ2n) is 6.01. The van der Waals surface area contributed by atoms with Crippen molar-refractivity contribution >= 4 is 23.8 Å². The Kier molecular flexibility index (Phi) is 4.52. The third-order valence-corrected chi connectivity index (χ3v) is 8.63. The lowest BCUT2D eigenvalue weighted by atomic mass is 10.2. The van der Waals surface area contributed by atoms with Crippen LogP contribution in [0.4, 0.5) is 0 Å². The standard InChI is InChI=1S/C15H22NO2S2/c1-16(2,3)13-14-9-11-19(12-10-14)20(17,18)15-7-5-4-6-8-15/h4-9,11H,10,12-13H2,1-3H3/q+1. The van der Waals surface area contributed by atoms with Gasteiger partial charge in [0.05, 0.1) is 26.0 Å². The first-order valence-electron chi connectivity index (χ1n) is 6.63. The summed E-state index contributed by atoms with van der Waals surface area (Å²) in [6, 6.07) is 8.76. The molecule has 5 heteroatoms. The first-order valence-corrected chi connectivity index (χ1v) is 10.1. The average molecular weight is 312 g/mol. The maximum absolute atomic E-state index is 12.5. The van der Waals surface area contributed by atoms with Crippen molar-refractivity contribution in [2.24, 2.45) is 0 Å². The summed E-state index contributed by atoms with van der Waals surface area (Å²) in [7, 11) is 2.55. The zero-order valence-electron chi connectivity index (χ0n) is 12.2. The van der Waals surface area contributed by atoms with Gasteiger partial charge in [0.1, 0.15) is 6.54 Å². The van der Waals surface area contributed by atoms with Crippen LogP contribution in [0.5, 0.6) is 0 Å². The highest BCUT2D eigenvalue weighted by molar-refractivity contribution is 8.79. The van der Waals surface area contributed by atoms with Gasteiger partial charge in [-0.1, -0.05) is 33.8 Å². The Balaban J connectivity index is 2.24. The molecule has 1 aromatic carbocycles. The number of hydrogen-bond acceptors (Lipinski definition) is 2. The van der Waals surface area contributed by atoms with Crippen LogP contribution in [0, 0.1) is 0 Å². The van der Waals surface area contributed by atoms with E-state index in [1.165, 1.54) is 5.57 Å². The first-order chi connectivity index (χ1) is 9.29. The minimum Gasteiger partial charge on any atom is -0.327 e. The van der Waals surface area contributed by atoms with Crippen LogP contribution in [-0.2, 0) is 8.87 Å². The molecule has 1 atom stereocenters. The largest absolute Gasteiger partial charge is 0.327 e. The van der Waals surface area contributed by atoms with Crippen molar-refractivity contribution < 1.29 is 12.9 Å². The molecule has 1 unspecified atom stereocenters. The van der Waals surface area contributed by atoms with Gasteiger partial charge < -0.3 is 4.48 Å². The highest BCUT2D eigenvalue weighted by atomic mass is 33.2. The van der Waals surface area contributed by atoms with E-state index in [2.05, 4.69) is 21.1 Å². The molecule has 0 aliphatic carbocycles. The summed E-state index contributed by atoms with van der Waals surface area (Å²) in [6.45, 7) is 0.971. The van der Waals surface area contributed by atoms with Gasteiger partial charge in [0.15, 0.2) is 0 Å². The van der Waals surface area contributed by atoms with Gasteiger partial charge >= 0.3 is 0 Å². The van der Waals surface area contributed by atoms with Crippen LogP contribution in [0.15, 0.2) is 46.9 Å². The number of allylic oxidation sites excluding steroid dienone is 1. The van der Waals surface area contributed by atoms with Gasteiger partial charge in [0, 0.05) is 5.75 Å². The van der Waals surface area contributed by atoms with E-state index in [-0.39, 0.29) is 0 Å². The zero-order chi connectivity index (χ0) is 14.8. The monoisotopic (exact) mass is 312 g/mol. The van der Waals surface area contributed by atoms with E-state index in [1.807, 2.05) is 17.5 Å². The Hall–Kier alpha value is -0.910. The molecule has 1 aliphatic heterocycles. The second-order valence-corrected chi connectivity index (χ2v) is 11.4. The normalized spacial score (nSPS) is 20.1. The molecule has 20 heavy (non-hydrogen) atoms. The van der Waals surface area contributed by atoms with Crippen molar-refractivity contribution in [2.75, 3.05) is 33.4 Å². The van der Waals surface area contributed by atoms with E-state index >= 15 is 0 Å². The lowest BCUT2D eigenvalue weighted by molar-refractivity contribution is -0.865. The van der Waals surface area contributed by atoms with Crippen LogP contribution in [0.1, 0.15) is 6.42 Å². The topological polar surface area (TPSA) is 34.1 Å². The van der Waals surface area contributed by atoms with E-state index in [0.717, 1.165) is 17.4 Å². The van der Waals surface area contributed by atoms with Crippen molar-refractivity contribution in [3.05, 3.63) is 42.0 Å². The predicted molar refractivity (Wildman–Crippen MR) is 87.7 cm³/mol. The molecule has 2 rings (SSSR count). The maximum atomic E-state index is 12.5. The molecular formula is C15H22NO2S2+. The van der Waals surface area contributed by atoms with Crippen LogP contribution in [0.3, 0.4) is 0 Å².